The van der Waals surface area contributed by atoms with Gasteiger partial charge in [-0.1, -0.05) is 12.1 Å². The number of pyridine rings is 1. The second-order valence-electron chi connectivity index (χ2n) is 2.11. The van der Waals surface area contributed by atoms with Crippen molar-refractivity contribution >= 4 is 11.3 Å². The Morgan fingerprint density at radius 1 is 1.33 bits per heavy atom. The van der Waals surface area contributed by atoms with Crippen molar-refractivity contribution in [2.75, 3.05) is 0 Å². The summed E-state index contributed by atoms with van der Waals surface area (Å²) in [4.78, 5) is 5.35. The molecular weight excluding hydrogens is 346 g/mol. The third-order valence-electron chi connectivity index (χ3n) is 1.36. The van der Waals surface area contributed by atoms with Gasteiger partial charge in [-0.3, -0.25) is 4.98 Å². The van der Waals surface area contributed by atoms with Crippen LogP contribution in [0.4, 0.5) is 0 Å². The average Bonchev–Trinajstić information content (AvgIpc) is 2.58. The van der Waals surface area contributed by atoms with Gasteiger partial charge in [-0.15, -0.1) is 6.07 Å². The van der Waals surface area contributed by atoms with E-state index in [4.69, 9.17) is 0 Å². The van der Waals surface area contributed by atoms with Crippen molar-refractivity contribution < 1.29 is 20.1 Å². The van der Waals surface area contributed by atoms with Crippen LogP contribution in [0.2, 0.25) is 0 Å². The van der Waals surface area contributed by atoms with E-state index in [1.54, 1.807) is 17.5 Å². The van der Waals surface area contributed by atoms with E-state index in [0.717, 1.165) is 5.69 Å². The van der Waals surface area contributed by atoms with Crippen molar-refractivity contribution in [2.45, 2.75) is 0 Å². The standard InChI is InChI=1S/C9H6NS.Ir/c1-2-6-10-8(4-1)9-5-3-7-11-9;/h1-3,5-7H;/q-1;. The zero-order valence-electron chi connectivity index (χ0n) is 6.15. The summed E-state index contributed by atoms with van der Waals surface area (Å²) in [6.45, 7) is 0. The van der Waals surface area contributed by atoms with Crippen LogP contribution in [0.1, 0.15) is 0 Å². The number of thiophene rings is 1. The Hall–Kier alpha value is -0.501. The maximum Gasteiger partial charge on any atom is 0 e. The molecular formula is C9H6IrNS-. The van der Waals surface area contributed by atoms with Crippen molar-refractivity contribution in [3.8, 4) is 10.6 Å². The van der Waals surface area contributed by atoms with Crippen LogP contribution in [0.15, 0.2) is 35.8 Å². The second kappa shape index (κ2) is 4.51. The molecule has 1 nitrogen and oxygen atoms in total. The minimum atomic E-state index is 0. The van der Waals surface area contributed by atoms with E-state index in [-0.39, 0.29) is 20.1 Å². The largest absolute Gasteiger partial charge is 0.295 e. The van der Waals surface area contributed by atoms with Gasteiger partial charge in [0.25, 0.3) is 0 Å². The molecule has 0 unspecified atom stereocenters. The Balaban J connectivity index is 0.000000720. The van der Waals surface area contributed by atoms with Gasteiger partial charge in [-0.25, -0.2) is 11.3 Å². The van der Waals surface area contributed by atoms with Gasteiger partial charge in [0.05, 0.1) is 0 Å². The van der Waals surface area contributed by atoms with Crippen LogP contribution in [-0.2, 0) is 20.1 Å². The van der Waals surface area contributed by atoms with Crippen LogP contribution >= 0.6 is 11.3 Å². The molecule has 0 bridgehead atoms. The quantitative estimate of drug-likeness (QED) is 0.719. The van der Waals surface area contributed by atoms with Crippen molar-refractivity contribution in [1.29, 1.82) is 0 Å². The molecule has 0 N–H and O–H groups in total. The van der Waals surface area contributed by atoms with Gasteiger partial charge in [0, 0.05) is 20.1 Å². The molecule has 2 aromatic rings. The Morgan fingerprint density at radius 2 is 2.25 bits per heavy atom. The van der Waals surface area contributed by atoms with Gasteiger partial charge in [0.15, 0.2) is 0 Å². The Labute approximate surface area is 88.8 Å². The molecule has 0 spiro atoms. The predicted molar refractivity (Wildman–Crippen MR) is 46.4 cm³/mol. The molecule has 0 aliphatic carbocycles. The van der Waals surface area contributed by atoms with Crippen LogP contribution in [0.25, 0.3) is 10.6 Å². The molecule has 2 heterocycles. The second-order valence-corrected chi connectivity index (χ2v) is 3.06. The minimum Gasteiger partial charge on any atom is -0.295 e. The first kappa shape index (κ1) is 9.59. The molecule has 2 rings (SSSR count). The average molecular weight is 352 g/mol. The monoisotopic (exact) mass is 353 g/mol. The van der Waals surface area contributed by atoms with E-state index >= 15 is 0 Å². The van der Waals surface area contributed by atoms with Gasteiger partial charge in [-0.05, 0) is 22.1 Å². The molecule has 0 saturated carbocycles. The molecule has 12 heavy (non-hydrogen) atoms. The summed E-state index contributed by atoms with van der Waals surface area (Å²) in [5.74, 6) is 0. The van der Waals surface area contributed by atoms with Crippen molar-refractivity contribution in [2.24, 2.45) is 0 Å². The van der Waals surface area contributed by atoms with Gasteiger partial charge in [0.2, 0.25) is 0 Å². The van der Waals surface area contributed by atoms with Crippen LogP contribution in [0, 0.1) is 6.07 Å². The third kappa shape index (κ3) is 2.01. The van der Waals surface area contributed by atoms with Crippen molar-refractivity contribution in [3.05, 3.63) is 41.9 Å². The third-order valence-corrected chi connectivity index (χ3v) is 2.24. The number of hydrogen-bond donors (Lipinski definition) is 0. The van der Waals surface area contributed by atoms with Gasteiger partial charge in [0.1, 0.15) is 0 Å². The zero-order valence-corrected chi connectivity index (χ0v) is 9.36. The summed E-state index contributed by atoms with van der Waals surface area (Å²) >= 11 is 1.68. The van der Waals surface area contributed by atoms with E-state index in [1.165, 1.54) is 4.88 Å². The van der Waals surface area contributed by atoms with Crippen molar-refractivity contribution in [1.82, 2.24) is 4.98 Å². The predicted octanol–water partition coefficient (Wildman–Crippen LogP) is 2.61. The Bertz CT molecular complexity index is 318. The first-order chi connectivity index (χ1) is 5.47. The zero-order chi connectivity index (χ0) is 7.52. The number of hydrogen-bond acceptors (Lipinski definition) is 2. The van der Waals surface area contributed by atoms with E-state index in [2.05, 4.69) is 11.1 Å². The summed E-state index contributed by atoms with van der Waals surface area (Å²) in [6, 6.07) is 10.9. The summed E-state index contributed by atoms with van der Waals surface area (Å²) < 4.78 is 0. The minimum absolute atomic E-state index is 0. The van der Waals surface area contributed by atoms with Crippen LogP contribution < -0.4 is 0 Å². The van der Waals surface area contributed by atoms with Gasteiger partial charge >= 0.3 is 0 Å². The number of nitrogens with zero attached hydrogens (tertiary/aromatic N) is 1. The summed E-state index contributed by atoms with van der Waals surface area (Å²) in [7, 11) is 0. The normalized spacial score (nSPS) is 9.00. The van der Waals surface area contributed by atoms with Crippen molar-refractivity contribution in [3.63, 3.8) is 0 Å². The van der Waals surface area contributed by atoms with Gasteiger partial charge < -0.3 is 0 Å². The molecule has 0 aliphatic rings. The molecule has 0 fully saturated rings. The Kier molecular flexibility index (Phi) is 3.60. The number of aromatic nitrogens is 1. The summed E-state index contributed by atoms with van der Waals surface area (Å²) in [5.41, 5.74) is 0.933. The maximum atomic E-state index is 4.18. The SMILES string of the molecule is [Ir].[c-]1cccnc1-c1cccs1. The fourth-order valence-corrected chi connectivity index (χ4v) is 1.56. The fraction of sp³-hybridized carbons (Fsp3) is 0. The van der Waals surface area contributed by atoms with E-state index in [9.17, 15) is 0 Å². The van der Waals surface area contributed by atoms with E-state index in [1.807, 2.05) is 29.6 Å². The van der Waals surface area contributed by atoms with E-state index in [0.29, 0.717) is 0 Å². The summed E-state index contributed by atoms with van der Waals surface area (Å²) in [6.07, 6.45) is 1.78. The molecule has 0 amide bonds. The molecule has 0 saturated heterocycles. The van der Waals surface area contributed by atoms with E-state index < -0.39 is 0 Å². The van der Waals surface area contributed by atoms with Crippen LogP contribution in [0.5, 0.6) is 0 Å². The molecule has 0 atom stereocenters. The first-order valence-corrected chi connectivity index (χ1v) is 4.21. The number of rotatable bonds is 1. The Morgan fingerprint density at radius 3 is 2.83 bits per heavy atom. The molecule has 2 aromatic heterocycles. The molecule has 1 radical (unpaired) electrons. The first-order valence-electron chi connectivity index (χ1n) is 3.33. The smallest absolute Gasteiger partial charge is 0 e. The topological polar surface area (TPSA) is 12.9 Å². The van der Waals surface area contributed by atoms with Gasteiger partial charge in [-0.2, -0.15) is 12.1 Å². The van der Waals surface area contributed by atoms with Crippen LogP contribution in [-0.4, -0.2) is 4.98 Å². The molecule has 0 aromatic carbocycles. The molecule has 63 valence electrons. The molecule has 0 aliphatic heterocycles. The summed E-state index contributed by atoms with van der Waals surface area (Å²) in [5, 5.41) is 2.04. The molecule has 3 heteroatoms. The van der Waals surface area contributed by atoms with Crippen LogP contribution in [0.3, 0.4) is 0 Å². The maximum absolute atomic E-state index is 4.18. The fourth-order valence-electron chi connectivity index (χ4n) is 0.873.